The van der Waals surface area contributed by atoms with Crippen LogP contribution in [-0.4, -0.2) is 11.7 Å². The fourth-order valence-electron chi connectivity index (χ4n) is 1.65. The molecular weight excluding hydrogens is 287 g/mol. The van der Waals surface area contributed by atoms with Gasteiger partial charge in [0.05, 0.1) is 0 Å². The molecule has 2 N–H and O–H groups in total. The zero-order valence-electron chi connectivity index (χ0n) is 11.3. The Morgan fingerprint density at radius 2 is 1.86 bits per heavy atom. The molecule has 2 aromatic carbocycles. The predicted molar refractivity (Wildman–Crippen MR) is 88.4 cm³/mol. The first-order valence-electron chi connectivity index (χ1n) is 6.35. The first kappa shape index (κ1) is 15.0. The summed E-state index contributed by atoms with van der Waals surface area (Å²) in [5.41, 5.74) is 1.52. The normalized spacial score (nSPS) is 9.76. The van der Waals surface area contributed by atoms with Gasteiger partial charge in [0.2, 0.25) is 0 Å². The number of rotatable bonds is 5. The van der Waals surface area contributed by atoms with Crippen molar-refractivity contribution in [2.24, 2.45) is 0 Å². The standard InChI is InChI=1S/C16H15FN2OS/c1-2-10-20-15-5-3-4-14(11-15)19-16(21)18-13-8-6-12(17)7-9-13/h2-9,11H,1,10H2,(H2,18,19,21). The molecule has 0 aliphatic carbocycles. The maximum absolute atomic E-state index is 12.8. The largest absolute Gasteiger partial charge is 0.489 e. The summed E-state index contributed by atoms with van der Waals surface area (Å²) in [6.45, 7) is 4.05. The summed E-state index contributed by atoms with van der Waals surface area (Å²) in [4.78, 5) is 0. The van der Waals surface area contributed by atoms with Gasteiger partial charge in [-0.2, -0.15) is 0 Å². The number of anilines is 2. The first-order chi connectivity index (χ1) is 10.2. The SMILES string of the molecule is C=CCOc1cccc(NC(=S)Nc2ccc(F)cc2)c1. The zero-order chi connectivity index (χ0) is 15.1. The Hall–Kier alpha value is -2.40. The van der Waals surface area contributed by atoms with Gasteiger partial charge < -0.3 is 15.4 Å². The fraction of sp³-hybridized carbons (Fsp3) is 0.0625. The number of halogens is 1. The molecule has 21 heavy (non-hydrogen) atoms. The molecule has 2 aromatic rings. The van der Waals surface area contributed by atoms with Gasteiger partial charge >= 0.3 is 0 Å². The van der Waals surface area contributed by atoms with E-state index in [0.29, 0.717) is 17.4 Å². The molecule has 108 valence electrons. The van der Waals surface area contributed by atoms with Crippen LogP contribution in [0.4, 0.5) is 15.8 Å². The molecule has 0 aromatic heterocycles. The molecule has 0 radical (unpaired) electrons. The molecule has 0 saturated carbocycles. The topological polar surface area (TPSA) is 33.3 Å². The van der Waals surface area contributed by atoms with E-state index < -0.39 is 0 Å². The monoisotopic (exact) mass is 302 g/mol. The average Bonchev–Trinajstić information content (AvgIpc) is 2.48. The third kappa shape index (κ3) is 4.89. The summed E-state index contributed by atoms with van der Waals surface area (Å²) >= 11 is 5.21. The highest BCUT2D eigenvalue weighted by Gasteiger charge is 2.01. The fourth-order valence-corrected chi connectivity index (χ4v) is 1.88. The van der Waals surface area contributed by atoms with Gasteiger partial charge in [0.1, 0.15) is 18.2 Å². The van der Waals surface area contributed by atoms with Crippen molar-refractivity contribution in [1.29, 1.82) is 0 Å². The number of benzene rings is 2. The lowest BCUT2D eigenvalue weighted by Crippen LogP contribution is -2.19. The molecule has 0 bridgehead atoms. The van der Waals surface area contributed by atoms with E-state index in [4.69, 9.17) is 17.0 Å². The van der Waals surface area contributed by atoms with Gasteiger partial charge in [-0.05, 0) is 48.6 Å². The molecule has 3 nitrogen and oxygen atoms in total. The minimum Gasteiger partial charge on any atom is -0.489 e. The van der Waals surface area contributed by atoms with Crippen molar-refractivity contribution in [3.8, 4) is 5.75 Å². The smallest absolute Gasteiger partial charge is 0.175 e. The van der Waals surface area contributed by atoms with Gasteiger partial charge in [0, 0.05) is 17.4 Å². The minimum atomic E-state index is -0.286. The third-order valence-corrected chi connectivity index (χ3v) is 2.77. The van der Waals surface area contributed by atoms with Gasteiger partial charge in [-0.1, -0.05) is 18.7 Å². The Morgan fingerprint density at radius 1 is 1.14 bits per heavy atom. The van der Waals surface area contributed by atoms with Crippen molar-refractivity contribution < 1.29 is 9.13 Å². The third-order valence-electron chi connectivity index (χ3n) is 2.56. The molecule has 0 aliphatic heterocycles. The summed E-state index contributed by atoms with van der Waals surface area (Å²) < 4.78 is 18.3. The van der Waals surface area contributed by atoms with E-state index in [-0.39, 0.29) is 5.82 Å². The van der Waals surface area contributed by atoms with Crippen LogP contribution < -0.4 is 15.4 Å². The molecule has 0 saturated heterocycles. The predicted octanol–water partition coefficient (Wildman–Crippen LogP) is 4.20. The van der Waals surface area contributed by atoms with Gasteiger partial charge in [-0.25, -0.2) is 4.39 Å². The maximum atomic E-state index is 12.8. The highest BCUT2D eigenvalue weighted by molar-refractivity contribution is 7.80. The minimum absolute atomic E-state index is 0.286. The van der Waals surface area contributed by atoms with E-state index in [0.717, 1.165) is 11.4 Å². The summed E-state index contributed by atoms with van der Waals surface area (Å²) in [6, 6.07) is 13.4. The lowest BCUT2D eigenvalue weighted by atomic mass is 10.3. The lowest BCUT2D eigenvalue weighted by Gasteiger charge is -2.11. The van der Waals surface area contributed by atoms with E-state index in [1.165, 1.54) is 12.1 Å². The molecule has 0 aliphatic rings. The van der Waals surface area contributed by atoms with E-state index >= 15 is 0 Å². The van der Waals surface area contributed by atoms with Crippen LogP contribution in [0.3, 0.4) is 0 Å². The molecule has 0 atom stereocenters. The van der Waals surface area contributed by atoms with Crippen LogP contribution in [0, 0.1) is 5.82 Å². The maximum Gasteiger partial charge on any atom is 0.175 e. The Bertz CT molecular complexity index is 628. The van der Waals surface area contributed by atoms with Crippen LogP contribution in [0.2, 0.25) is 0 Å². The van der Waals surface area contributed by atoms with Gasteiger partial charge in [-0.3, -0.25) is 0 Å². The summed E-state index contributed by atoms with van der Waals surface area (Å²) in [7, 11) is 0. The van der Waals surface area contributed by atoms with E-state index in [1.807, 2.05) is 24.3 Å². The second-order valence-electron chi connectivity index (χ2n) is 4.21. The highest BCUT2D eigenvalue weighted by Crippen LogP contribution is 2.18. The first-order valence-corrected chi connectivity index (χ1v) is 6.75. The molecule has 0 unspecified atom stereocenters. The second-order valence-corrected chi connectivity index (χ2v) is 4.62. The van der Waals surface area contributed by atoms with Crippen LogP contribution in [0.15, 0.2) is 61.2 Å². The Balaban J connectivity index is 1.95. The Labute approximate surface area is 128 Å². The molecule has 0 fully saturated rings. The number of thiocarbonyl (C=S) groups is 1. The van der Waals surface area contributed by atoms with Gasteiger partial charge in [0.15, 0.2) is 5.11 Å². The van der Waals surface area contributed by atoms with Crippen LogP contribution in [-0.2, 0) is 0 Å². The zero-order valence-corrected chi connectivity index (χ0v) is 12.1. The Morgan fingerprint density at radius 3 is 2.57 bits per heavy atom. The van der Waals surface area contributed by atoms with Crippen molar-refractivity contribution >= 4 is 28.7 Å². The second kappa shape index (κ2) is 7.40. The molecule has 0 amide bonds. The van der Waals surface area contributed by atoms with Gasteiger partial charge in [-0.15, -0.1) is 0 Å². The molecule has 5 heteroatoms. The lowest BCUT2D eigenvalue weighted by molar-refractivity contribution is 0.363. The van der Waals surface area contributed by atoms with Crippen LogP contribution >= 0.6 is 12.2 Å². The van der Waals surface area contributed by atoms with Crippen LogP contribution in [0.5, 0.6) is 5.75 Å². The van der Waals surface area contributed by atoms with Crippen molar-refractivity contribution in [2.75, 3.05) is 17.2 Å². The quantitative estimate of drug-likeness (QED) is 0.640. The molecule has 0 heterocycles. The van der Waals surface area contributed by atoms with E-state index in [1.54, 1.807) is 18.2 Å². The number of hydrogen-bond donors (Lipinski definition) is 2. The molecular formula is C16H15FN2OS. The summed E-state index contributed by atoms with van der Waals surface area (Å²) in [6.07, 6.45) is 1.68. The van der Waals surface area contributed by atoms with Crippen molar-refractivity contribution in [3.05, 3.63) is 67.0 Å². The van der Waals surface area contributed by atoms with Gasteiger partial charge in [0.25, 0.3) is 0 Å². The number of nitrogens with one attached hydrogen (secondary N) is 2. The highest BCUT2D eigenvalue weighted by atomic mass is 32.1. The molecule has 2 rings (SSSR count). The summed E-state index contributed by atoms with van der Waals surface area (Å²) in [5.74, 6) is 0.441. The molecule has 0 spiro atoms. The number of ether oxygens (including phenoxy) is 1. The average molecular weight is 302 g/mol. The van der Waals surface area contributed by atoms with E-state index in [9.17, 15) is 4.39 Å². The van der Waals surface area contributed by atoms with Crippen molar-refractivity contribution in [1.82, 2.24) is 0 Å². The van der Waals surface area contributed by atoms with Crippen molar-refractivity contribution in [3.63, 3.8) is 0 Å². The van der Waals surface area contributed by atoms with Crippen molar-refractivity contribution in [2.45, 2.75) is 0 Å². The van der Waals surface area contributed by atoms with Crippen LogP contribution in [0.1, 0.15) is 0 Å². The van der Waals surface area contributed by atoms with Crippen LogP contribution in [0.25, 0.3) is 0 Å². The Kier molecular flexibility index (Phi) is 5.29. The van der Waals surface area contributed by atoms with E-state index in [2.05, 4.69) is 17.2 Å². The summed E-state index contributed by atoms with van der Waals surface area (Å²) in [5, 5.41) is 6.44. The number of hydrogen-bond acceptors (Lipinski definition) is 2.